The Kier molecular flexibility index (Phi) is 4.57. The molecule has 0 saturated heterocycles. The zero-order chi connectivity index (χ0) is 12.1. The van der Waals surface area contributed by atoms with Crippen LogP contribution in [-0.4, -0.2) is 6.54 Å². The van der Waals surface area contributed by atoms with Crippen molar-refractivity contribution < 1.29 is 0 Å². The molecule has 2 aromatic carbocycles. The van der Waals surface area contributed by atoms with Crippen molar-refractivity contribution in [2.75, 3.05) is 6.54 Å². The topological polar surface area (TPSA) is 26.0 Å². The Morgan fingerprint density at radius 2 is 1.59 bits per heavy atom. The molecule has 0 spiro atoms. The van der Waals surface area contributed by atoms with Crippen molar-refractivity contribution in [3.05, 3.63) is 69.3 Å². The van der Waals surface area contributed by atoms with Crippen molar-refractivity contribution in [3.63, 3.8) is 0 Å². The fourth-order valence-corrected chi connectivity index (χ4v) is 2.33. The van der Waals surface area contributed by atoms with Crippen molar-refractivity contribution in [1.82, 2.24) is 0 Å². The van der Waals surface area contributed by atoms with Crippen molar-refractivity contribution in [2.45, 2.75) is 12.3 Å². The molecular weight excluding hydrogens is 321 g/mol. The maximum atomic E-state index is 5.88. The van der Waals surface area contributed by atoms with Crippen LogP contribution < -0.4 is 5.73 Å². The van der Waals surface area contributed by atoms with E-state index in [9.17, 15) is 0 Å². The van der Waals surface area contributed by atoms with Gasteiger partial charge in [0, 0.05) is 9.49 Å². The number of benzene rings is 2. The van der Waals surface area contributed by atoms with Crippen LogP contribution in [-0.2, 0) is 6.42 Å². The summed E-state index contributed by atoms with van der Waals surface area (Å²) >= 11 is 2.33. The van der Waals surface area contributed by atoms with E-state index in [1.807, 2.05) is 6.07 Å². The van der Waals surface area contributed by atoms with E-state index < -0.39 is 0 Å². The summed E-state index contributed by atoms with van der Waals surface area (Å²) in [6, 6.07) is 19.2. The second-order valence-electron chi connectivity index (χ2n) is 4.17. The van der Waals surface area contributed by atoms with Crippen molar-refractivity contribution >= 4 is 22.6 Å². The molecular formula is C15H16IN. The summed E-state index contributed by atoms with van der Waals surface area (Å²) in [5.41, 5.74) is 8.56. The van der Waals surface area contributed by atoms with E-state index >= 15 is 0 Å². The van der Waals surface area contributed by atoms with E-state index in [2.05, 4.69) is 71.1 Å². The SMILES string of the molecule is NCC(Cc1ccc(I)cc1)c1ccccc1. The third-order valence-corrected chi connectivity index (χ3v) is 3.67. The molecule has 2 aromatic rings. The molecule has 0 aliphatic carbocycles. The largest absolute Gasteiger partial charge is 0.330 e. The maximum Gasteiger partial charge on any atom is 0.0130 e. The van der Waals surface area contributed by atoms with Gasteiger partial charge >= 0.3 is 0 Å². The molecule has 2 rings (SSSR count). The van der Waals surface area contributed by atoms with Crippen LogP contribution in [0.25, 0.3) is 0 Å². The highest BCUT2D eigenvalue weighted by Crippen LogP contribution is 2.20. The maximum absolute atomic E-state index is 5.88. The number of nitrogens with two attached hydrogens (primary N) is 1. The molecule has 1 nitrogen and oxygen atoms in total. The Balaban J connectivity index is 2.13. The highest BCUT2D eigenvalue weighted by Gasteiger charge is 2.09. The molecule has 1 atom stereocenters. The smallest absolute Gasteiger partial charge is 0.0130 e. The predicted molar refractivity (Wildman–Crippen MR) is 81.1 cm³/mol. The van der Waals surface area contributed by atoms with Gasteiger partial charge in [0.15, 0.2) is 0 Å². The fourth-order valence-electron chi connectivity index (χ4n) is 1.97. The van der Waals surface area contributed by atoms with Gasteiger partial charge in [-0.25, -0.2) is 0 Å². The van der Waals surface area contributed by atoms with Gasteiger partial charge in [-0.3, -0.25) is 0 Å². The van der Waals surface area contributed by atoms with Gasteiger partial charge in [-0.1, -0.05) is 42.5 Å². The van der Waals surface area contributed by atoms with Gasteiger partial charge in [0.1, 0.15) is 0 Å². The molecule has 0 heterocycles. The zero-order valence-electron chi connectivity index (χ0n) is 9.64. The molecule has 0 radical (unpaired) electrons. The van der Waals surface area contributed by atoms with Crippen LogP contribution >= 0.6 is 22.6 Å². The Morgan fingerprint density at radius 1 is 0.941 bits per heavy atom. The lowest BCUT2D eigenvalue weighted by molar-refractivity contribution is 0.694. The van der Waals surface area contributed by atoms with Crippen LogP contribution in [0.1, 0.15) is 17.0 Å². The molecule has 2 N–H and O–H groups in total. The summed E-state index contributed by atoms with van der Waals surface area (Å²) in [5, 5.41) is 0. The highest BCUT2D eigenvalue weighted by atomic mass is 127. The van der Waals surface area contributed by atoms with Gasteiger partial charge in [0.05, 0.1) is 0 Å². The van der Waals surface area contributed by atoms with E-state index in [1.165, 1.54) is 14.7 Å². The predicted octanol–water partition coefficient (Wildman–Crippen LogP) is 3.58. The normalized spacial score (nSPS) is 12.4. The Hall–Kier alpha value is -0.870. The van der Waals surface area contributed by atoms with Gasteiger partial charge in [-0.2, -0.15) is 0 Å². The second kappa shape index (κ2) is 6.17. The zero-order valence-corrected chi connectivity index (χ0v) is 11.8. The summed E-state index contributed by atoms with van der Waals surface area (Å²) in [7, 11) is 0. The lowest BCUT2D eigenvalue weighted by Gasteiger charge is -2.15. The average Bonchev–Trinajstić information content (AvgIpc) is 2.39. The Labute approximate surface area is 116 Å². The lowest BCUT2D eigenvalue weighted by atomic mass is 9.92. The third kappa shape index (κ3) is 3.54. The molecule has 0 aliphatic rings. The quantitative estimate of drug-likeness (QED) is 0.848. The minimum atomic E-state index is 0.413. The summed E-state index contributed by atoms with van der Waals surface area (Å²) < 4.78 is 1.27. The molecule has 17 heavy (non-hydrogen) atoms. The van der Waals surface area contributed by atoms with Gasteiger partial charge in [-0.15, -0.1) is 0 Å². The van der Waals surface area contributed by atoms with Crippen LogP contribution in [0.2, 0.25) is 0 Å². The van der Waals surface area contributed by atoms with Gasteiger partial charge < -0.3 is 5.73 Å². The van der Waals surface area contributed by atoms with E-state index in [-0.39, 0.29) is 0 Å². The molecule has 0 bridgehead atoms. The molecule has 0 fully saturated rings. The van der Waals surface area contributed by atoms with Crippen molar-refractivity contribution in [3.8, 4) is 0 Å². The van der Waals surface area contributed by atoms with E-state index in [0.29, 0.717) is 12.5 Å². The highest BCUT2D eigenvalue weighted by molar-refractivity contribution is 14.1. The molecule has 88 valence electrons. The Morgan fingerprint density at radius 3 is 2.18 bits per heavy atom. The van der Waals surface area contributed by atoms with E-state index in [4.69, 9.17) is 5.73 Å². The Bertz CT molecular complexity index is 450. The van der Waals surface area contributed by atoms with Crippen LogP contribution in [0.3, 0.4) is 0 Å². The van der Waals surface area contributed by atoms with E-state index in [0.717, 1.165) is 6.42 Å². The van der Waals surface area contributed by atoms with Crippen molar-refractivity contribution in [2.24, 2.45) is 5.73 Å². The molecule has 0 amide bonds. The first-order valence-electron chi connectivity index (χ1n) is 5.79. The second-order valence-corrected chi connectivity index (χ2v) is 5.42. The van der Waals surface area contributed by atoms with Crippen LogP contribution in [0, 0.1) is 3.57 Å². The number of hydrogen-bond acceptors (Lipinski definition) is 1. The minimum absolute atomic E-state index is 0.413. The minimum Gasteiger partial charge on any atom is -0.330 e. The molecule has 0 aromatic heterocycles. The molecule has 1 unspecified atom stereocenters. The first kappa shape index (κ1) is 12.6. The summed E-state index contributed by atoms with van der Waals surface area (Å²) in [4.78, 5) is 0. The fraction of sp³-hybridized carbons (Fsp3) is 0.200. The van der Waals surface area contributed by atoms with Gasteiger partial charge in [0.25, 0.3) is 0 Å². The monoisotopic (exact) mass is 337 g/mol. The van der Waals surface area contributed by atoms with Crippen LogP contribution in [0.5, 0.6) is 0 Å². The van der Waals surface area contributed by atoms with Gasteiger partial charge in [0.2, 0.25) is 0 Å². The summed E-state index contributed by atoms with van der Waals surface area (Å²) in [6.45, 7) is 0.690. The summed E-state index contributed by atoms with van der Waals surface area (Å²) in [5.74, 6) is 0.413. The van der Waals surface area contributed by atoms with E-state index in [1.54, 1.807) is 0 Å². The first-order chi connectivity index (χ1) is 8.29. The standard InChI is InChI=1S/C15H16IN/c16-15-8-6-12(7-9-15)10-14(11-17)13-4-2-1-3-5-13/h1-9,14H,10-11,17H2. The first-order valence-corrected chi connectivity index (χ1v) is 6.87. The number of halogens is 1. The third-order valence-electron chi connectivity index (χ3n) is 2.95. The van der Waals surface area contributed by atoms with Crippen LogP contribution in [0.15, 0.2) is 54.6 Å². The van der Waals surface area contributed by atoms with Crippen LogP contribution in [0.4, 0.5) is 0 Å². The average molecular weight is 337 g/mol. The summed E-state index contributed by atoms with van der Waals surface area (Å²) in [6.07, 6.45) is 1.01. The number of rotatable bonds is 4. The van der Waals surface area contributed by atoms with Gasteiger partial charge in [-0.05, 0) is 58.8 Å². The molecule has 2 heteroatoms. The lowest BCUT2D eigenvalue weighted by Crippen LogP contribution is -2.14. The number of hydrogen-bond donors (Lipinski definition) is 1. The molecule has 0 aliphatic heterocycles. The van der Waals surface area contributed by atoms with Crippen molar-refractivity contribution in [1.29, 1.82) is 0 Å². The molecule has 0 saturated carbocycles.